The zero-order valence-electron chi connectivity index (χ0n) is 11.0. The lowest BCUT2D eigenvalue weighted by atomic mass is 10.0. The molecule has 0 saturated carbocycles. The first kappa shape index (κ1) is 15.5. The van der Waals surface area contributed by atoms with Gasteiger partial charge in [-0.1, -0.05) is 37.6 Å². The average Bonchev–Trinajstić information content (AvgIpc) is 2.27. The maximum atomic E-state index is 11.8. The molecule has 0 heterocycles. The Balaban J connectivity index is 2.79. The van der Waals surface area contributed by atoms with E-state index in [-0.39, 0.29) is 18.2 Å². The van der Waals surface area contributed by atoms with E-state index in [1.165, 1.54) is 0 Å². The second-order valence-corrected chi connectivity index (χ2v) is 5.30. The zero-order chi connectivity index (χ0) is 14.4. The molecule has 0 saturated heterocycles. The summed E-state index contributed by atoms with van der Waals surface area (Å²) in [6, 6.07) is 6.29. The SMILES string of the molecule is CC(C)CC(=O)NC(CC(=O)O)c1ccc(Cl)cc1. The Labute approximate surface area is 117 Å². The number of carbonyl (C=O) groups excluding carboxylic acids is 1. The van der Waals surface area contributed by atoms with Crippen molar-refractivity contribution < 1.29 is 14.7 Å². The molecule has 1 atom stereocenters. The molecule has 19 heavy (non-hydrogen) atoms. The van der Waals surface area contributed by atoms with Gasteiger partial charge >= 0.3 is 5.97 Å². The van der Waals surface area contributed by atoms with Crippen molar-refractivity contribution in [2.75, 3.05) is 0 Å². The largest absolute Gasteiger partial charge is 0.481 e. The highest BCUT2D eigenvalue weighted by atomic mass is 35.5. The van der Waals surface area contributed by atoms with Crippen molar-refractivity contribution in [1.82, 2.24) is 5.32 Å². The average molecular weight is 284 g/mol. The van der Waals surface area contributed by atoms with Gasteiger partial charge in [0.25, 0.3) is 0 Å². The summed E-state index contributed by atoms with van der Waals surface area (Å²) < 4.78 is 0. The van der Waals surface area contributed by atoms with E-state index in [1.54, 1.807) is 24.3 Å². The van der Waals surface area contributed by atoms with E-state index >= 15 is 0 Å². The maximum Gasteiger partial charge on any atom is 0.305 e. The fourth-order valence-electron chi connectivity index (χ4n) is 1.75. The molecular formula is C14H18ClNO3. The highest BCUT2D eigenvalue weighted by Gasteiger charge is 2.18. The molecule has 0 radical (unpaired) electrons. The molecular weight excluding hydrogens is 266 g/mol. The summed E-state index contributed by atoms with van der Waals surface area (Å²) in [5, 5.41) is 12.2. The van der Waals surface area contributed by atoms with E-state index in [0.717, 1.165) is 5.56 Å². The van der Waals surface area contributed by atoms with Gasteiger partial charge < -0.3 is 10.4 Å². The van der Waals surface area contributed by atoms with Gasteiger partial charge in [-0.15, -0.1) is 0 Å². The molecule has 0 aliphatic rings. The molecule has 0 aliphatic heterocycles. The number of nitrogens with one attached hydrogen (secondary N) is 1. The van der Waals surface area contributed by atoms with Crippen LogP contribution in [0.4, 0.5) is 0 Å². The number of hydrogen-bond acceptors (Lipinski definition) is 2. The topological polar surface area (TPSA) is 66.4 Å². The summed E-state index contributed by atoms with van der Waals surface area (Å²) in [7, 11) is 0. The lowest BCUT2D eigenvalue weighted by Gasteiger charge is -2.18. The Morgan fingerprint density at radius 2 is 1.79 bits per heavy atom. The number of aliphatic carboxylic acids is 1. The van der Waals surface area contributed by atoms with Crippen LogP contribution < -0.4 is 5.32 Å². The number of carboxylic acid groups (broad SMARTS) is 1. The van der Waals surface area contributed by atoms with Crippen LogP contribution in [0, 0.1) is 5.92 Å². The standard InChI is InChI=1S/C14H18ClNO3/c1-9(2)7-13(17)16-12(8-14(18)19)10-3-5-11(15)6-4-10/h3-6,9,12H,7-8H2,1-2H3,(H,16,17)(H,18,19). The van der Waals surface area contributed by atoms with Crippen LogP contribution in [0.25, 0.3) is 0 Å². The van der Waals surface area contributed by atoms with Gasteiger partial charge in [0.2, 0.25) is 5.91 Å². The first-order chi connectivity index (χ1) is 8.88. The normalized spacial score (nSPS) is 12.2. The minimum Gasteiger partial charge on any atom is -0.481 e. The molecule has 5 heteroatoms. The molecule has 0 bridgehead atoms. The predicted molar refractivity (Wildman–Crippen MR) is 74.0 cm³/mol. The smallest absolute Gasteiger partial charge is 0.305 e. The van der Waals surface area contributed by atoms with Crippen molar-refractivity contribution in [2.45, 2.75) is 32.7 Å². The van der Waals surface area contributed by atoms with Crippen LogP contribution in [0.3, 0.4) is 0 Å². The number of carbonyl (C=O) groups is 2. The summed E-state index contributed by atoms with van der Waals surface area (Å²) in [5.41, 5.74) is 0.740. The van der Waals surface area contributed by atoms with Gasteiger partial charge in [0.1, 0.15) is 0 Å². The fraction of sp³-hybridized carbons (Fsp3) is 0.429. The zero-order valence-corrected chi connectivity index (χ0v) is 11.8. The third kappa shape index (κ3) is 5.75. The summed E-state index contributed by atoms with van der Waals surface area (Å²) in [5.74, 6) is -0.864. The maximum absolute atomic E-state index is 11.8. The molecule has 1 amide bonds. The van der Waals surface area contributed by atoms with Gasteiger partial charge in [-0.25, -0.2) is 0 Å². The third-order valence-electron chi connectivity index (χ3n) is 2.58. The monoisotopic (exact) mass is 283 g/mol. The number of benzene rings is 1. The van der Waals surface area contributed by atoms with Gasteiger partial charge in [0.05, 0.1) is 12.5 Å². The van der Waals surface area contributed by atoms with E-state index in [2.05, 4.69) is 5.32 Å². The quantitative estimate of drug-likeness (QED) is 0.843. The second kappa shape index (κ2) is 7.14. The van der Waals surface area contributed by atoms with Crippen molar-refractivity contribution in [2.24, 2.45) is 5.92 Å². The van der Waals surface area contributed by atoms with Crippen LogP contribution in [-0.4, -0.2) is 17.0 Å². The van der Waals surface area contributed by atoms with Gasteiger partial charge in [0, 0.05) is 11.4 Å². The number of rotatable bonds is 6. The summed E-state index contributed by atoms with van der Waals surface area (Å²) in [6.45, 7) is 3.88. The lowest BCUT2D eigenvalue weighted by Crippen LogP contribution is -2.30. The van der Waals surface area contributed by atoms with E-state index in [0.29, 0.717) is 11.4 Å². The summed E-state index contributed by atoms with van der Waals surface area (Å²) in [4.78, 5) is 22.6. The van der Waals surface area contributed by atoms with Gasteiger partial charge in [-0.2, -0.15) is 0 Å². The number of carboxylic acids is 1. The predicted octanol–water partition coefficient (Wildman–Crippen LogP) is 3.02. The molecule has 1 aromatic carbocycles. The van der Waals surface area contributed by atoms with Gasteiger partial charge in [-0.05, 0) is 23.6 Å². The minimum atomic E-state index is -0.954. The minimum absolute atomic E-state index is 0.142. The summed E-state index contributed by atoms with van der Waals surface area (Å²) in [6.07, 6.45) is 0.231. The van der Waals surface area contributed by atoms with Crippen LogP contribution in [0.15, 0.2) is 24.3 Å². The van der Waals surface area contributed by atoms with E-state index < -0.39 is 12.0 Å². The van der Waals surface area contributed by atoms with Crippen LogP contribution in [0.1, 0.15) is 38.3 Å². The Hall–Kier alpha value is -1.55. The molecule has 1 unspecified atom stereocenters. The molecule has 0 spiro atoms. The Bertz CT molecular complexity index is 443. The van der Waals surface area contributed by atoms with Crippen molar-refractivity contribution in [3.8, 4) is 0 Å². The van der Waals surface area contributed by atoms with Gasteiger partial charge in [-0.3, -0.25) is 9.59 Å². The molecule has 104 valence electrons. The van der Waals surface area contributed by atoms with Crippen LogP contribution in [0.2, 0.25) is 5.02 Å². The molecule has 0 aliphatic carbocycles. The van der Waals surface area contributed by atoms with Crippen LogP contribution in [0.5, 0.6) is 0 Å². The second-order valence-electron chi connectivity index (χ2n) is 4.87. The molecule has 1 aromatic rings. The number of amides is 1. The Morgan fingerprint density at radius 1 is 1.21 bits per heavy atom. The van der Waals surface area contributed by atoms with Crippen molar-refractivity contribution in [3.05, 3.63) is 34.9 Å². The number of halogens is 1. The molecule has 0 aromatic heterocycles. The third-order valence-corrected chi connectivity index (χ3v) is 2.83. The number of hydrogen-bond donors (Lipinski definition) is 2. The van der Waals surface area contributed by atoms with E-state index in [9.17, 15) is 9.59 Å². The highest BCUT2D eigenvalue weighted by Crippen LogP contribution is 2.20. The van der Waals surface area contributed by atoms with E-state index in [4.69, 9.17) is 16.7 Å². The summed E-state index contributed by atoms with van der Waals surface area (Å²) >= 11 is 5.79. The first-order valence-corrected chi connectivity index (χ1v) is 6.53. The highest BCUT2D eigenvalue weighted by molar-refractivity contribution is 6.30. The van der Waals surface area contributed by atoms with Crippen molar-refractivity contribution >= 4 is 23.5 Å². The van der Waals surface area contributed by atoms with Crippen molar-refractivity contribution in [1.29, 1.82) is 0 Å². The first-order valence-electron chi connectivity index (χ1n) is 6.15. The molecule has 2 N–H and O–H groups in total. The molecule has 1 rings (SSSR count). The fourth-order valence-corrected chi connectivity index (χ4v) is 1.87. The van der Waals surface area contributed by atoms with E-state index in [1.807, 2.05) is 13.8 Å². The molecule has 4 nitrogen and oxygen atoms in total. The molecule has 0 fully saturated rings. The Kier molecular flexibility index (Phi) is 5.83. The van der Waals surface area contributed by atoms with Crippen LogP contribution >= 0.6 is 11.6 Å². The van der Waals surface area contributed by atoms with Crippen molar-refractivity contribution in [3.63, 3.8) is 0 Å². The Morgan fingerprint density at radius 3 is 2.26 bits per heavy atom. The van der Waals surface area contributed by atoms with Crippen LogP contribution in [-0.2, 0) is 9.59 Å². The van der Waals surface area contributed by atoms with Gasteiger partial charge in [0.15, 0.2) is 0 Å². The lowest BCUT2D eigenvalue weighted by molar-refractivity contribution is -0.137.